The average Bonchev–Trinajstić information content (AvgIpc) is 2.70. The molecule has 3 rings (SSSR count). The lowest BCUT2D eigenvalue weighted by Crippen LogP contribution is -2.60. The van der Waals surface area contributed by atoms with Gasteiger partial charge in [0.25, 0.3) is 0 Å². The highest BCUT2D eigenvalue weighted by atomic mass is 16.6. The second-order valence-corrected chi connectivity index (χ2v) is 6.90. The maximum absolute atomic E-state index is 10.2. The summed E-state index contributed by atoms with van der Waals surface area (Å²) in [5.41, 5.74) is 4.22. The summed E-state index contributed by atoms with van der Waals surface area (Å²) in [6.45, 7) is 1.67. The Balaban J connectivity index is 1.77. The quantitative estimate of drug-likeness (QED) is 0.519. The van der Waals surface area contributed by atoms with E-state index in [1.165, 1.54) is 5.56 Å². The molecule has 0 spiro atoms. The highest BCUT2D eigenvalue weighted by Crippen LogP contribution is 2.26. The minimum absolute atomic E-state index is 0.450. The number of anilines is 1. The van der Waals surface area contributed by atoms with E-state index < -0.39 is 37.3 Å². The van der Waals surface area contributed by atoms with Crippen molar-refractivity contribution in [3.05, 3.63) is 65.2 Å². The number of benzene rings is 2. The maximum atomic E-state index is 10.2. The van der Waals surface area contributed by atoms with Gasteiger partial charge < -0.3 is 30.5 Å². The number of nitrogens with one attached hydrogen (secondary N) is 1. The van der Waals surface area contributed by atoms with Gasteiger partial charge in [0.2, 0.25) is 0 Å². The third-order valence-corrected chi connectivity index (χ3v) is 5.03. The summed E-state index contributed by atoms with van der Waals surface area (Å²) in [7, 11) is 0. The summed E-state index contributed by atoms with van der Waals surface area (Å²) in [5, 5.41) is 42.6. The van der Waals surface area contributed by atoms with Gasteiger partial charge in [-0.3, -0.25) is 0 Å². The first-order valence-electron chi connectivity index (χ1n) is 9.26. The predicted octanol–water partition coefficient (Wildman–Crippen LogP) is 1.05. The van der Waals surface area contributed by atoms with E-state index in [4.69, 9.17) is 4.74 Å². The van der Waals surface area contributed by atoms with E-state index in [1.54, 1.807) is 0 Å². The van der Waals surface area contributed by atoms with Crippen LogP contribution < -0.4 is 5.32 Å². The molecule has 0 saturated carbocycles. The maximum Gasteiger partial charge on any atom is 0.157 e. The molecule has 146 valence electrons. The van der Waals surface area contributed by atoms with Crippen LogP contribution in [0.5, 0.6) is 0 Å². The fraction of sp³-hybridized carbons (Fsp3) is 0.429. The zero-order valence-corrected chi connectivity index (χ0v) is 15.3. The minimum Gasteiger partial charge on any atom is -0.394 e. The first-order chi connectivity index (χ1) is 13.0. The Labute approximate surface area is 159 Å². The van der Waals surface area contributed by atoms with E-state index in [0.717, 1.165) is 23.2 Å². The van der Waals surface area contributed by atoms with Gasteiger partial charge in [-0.05, 0) is 35.6 Å². The summed E-state index contributed by atoms with van der Waals surface area (Å²) in [6.07, 6.45) is -4.27. The Morgan fingerprint density at radius 3 is 2.22 bits per heavy atom. The number of aliphatic hydroxyl groups is 4. The van der Waals surface area contributed by atoms with Crippen molar-refractivity contribution in [2.24, 2.45) is 0 Å². The molecule has 27 heavy (non-hydrogen) atoms. The molecular formula is C21H27NO5. The number of hydrogen-bond donors (Lipinski definition) is 5. The first kappa shape index (κ1) is 19.8. The lowest BCUT2D eigenvalue weighted by Gasteiger charge is -2.40. The second-order valence-electron chi connectivity index (χ2n) is 6.90. The molecule has 2 aromatic rings. The van der Waals surface area contributed by atoms with Crippen LogP contribution in [-0.4, -0.2) is 57.7 Å². The van der Waals surface area contributed by atoms with Gasteiger partial charge in [-0.2, -0.15) is 0 Å². The third-order valence-electron chi connectivity index (χ3n) is 5.03. The molecule has 1 aliphatic rings. The van der Waals surface area contributed by atoms with Crippen LogP contribution in [-0.2, 0) is 17.6 Å². The molecule has 0 aliphatic carbocycles. The van der Waals surface area contributed by atoms with Crippen LogP contribution in [0.15, 0.2) is 48.5 Å². The standard InChI is InChI=1S/C21H27NO5/c1-2-13-7-9-14(10-8-13)11-15-5-3-4-6-16(15)22-21-20(26)19(25)18(24)17(12-23)27-21/h3-10,17-26H,2,11-12H2,1H3/t17-,18-,19+,20-,21?/m1/s1. The summed E-state index contributed by atoms with van der Waals surface area (Å²) in [4.78, 5) is 0. The summed E-state index contributed by atoms with van der Waals surface area (Å²) >= 11 is 0. The zero-order chi connectivity index (χ0) is 19.4. The summed E-state index contributed by atoms with van der Waals surface area (Å²) in [6, 6.07) is 16.1. The molecule has 0 amide bonds. The van der Waals surface area contributed by atoms with Crippen LogP contribution in [0, 0.1) is 0 Å². The lowest BCUT2D eigenvalue weighted by atomic mass is 9.97. The van der Waals surface area contributed by atoms with Crippen molar-refractivity contribution in [1.82, 2.24) is 0 Å². The van der Waals surface area contributed by atoms with Gasteiger partial charge in [0, 0.05) is 5.69 Å². The Bertz CT molecular complexity index is 734. The molecule has 6 nitrogen and oxygen atoms in total. The monoisotopic (exact) mass is 373 g/mol. The predicted molar refractivity (Wildman–Crippen MR) is 102 cm³/mol. The fourth-order valence-electron chi connectivity index (χ4n) is 3.30. The summed E-state index contributed by atoms with van der Waals surface area (Å²) < 4.78 is 5.55. The average molecular weight is 373 g/mol. The van der Waals surface area contributed by atoms with E-state index in [0.29, 0.717) is 6.42 Å². The normalized spacial score (nSPS) is 28.1. The highest BCUT2D eigenvalue weighted by Gasteiger charge is 2.43. The molecule has 6 heteroatoms. The number of para-hydroxylation sites is 1. The topological polar surface area (TPSA) is 102 Å². The Kier molecular flexibility index (Phi) is 6.46. The van der Waals surface area contributed by atoms with Crippen LogP contribution in [0.1, 0.15) is 23.6 Å². The lowest BCUT2D eigenvalue weighted by molar-refractivity contribution is -0.221. The molecule has 0 bridgehead atoms. The molecular weight excluding hydrogens is 346 g/mol. The van der Waals surface area contributed by atoms with Crippen molar-refractivity contribution < 1.29 is 25.2 Å². The van der Waals surface area contributed by atoms with Crippen LogP contribution in [0.25, 0.3) is 0 Å². The molecule has 0 aromatic heterocycles. The van der Waals surface area contributed by atoms with Crippen LogP contribution in [0.2, 0.25) is 0 Å². The number of aliphatic hydroxyl groups excluding tert-OH is 4. The third kappa shape index (κ3) is 4.48. The number of hydrogen-bond acceptors (Lipinski definition) is 6. The van der Waals surface area contributed by atoms with Gasteiger partial charge in [-0.15, -0.1) is 0 Å². The molecule has 0 radical (unpaired) electrons. The molecule has 1 heterocycles. The highest BCUT2D eigenvalue weighted by molar-refractivity contribution is 5.53. The van der Waals surface area contributed by atoms with Gasteiger partial charge in [0.1, 0.15) is 24.4 Å². The first-order valence-corrected chi connectivity index (χ1v) is 9.26. The molecule has 5 atom stereocenters. The minimum atomic E-state index is -1.40. The van der Waals surface area contributed by atoms with Crippen molar-refractivity contribution in [2.75, 3.05) is 11.9 Å². The van der Waals surface area contributed by atoms with Crippen LogP contribution >= 0.6 is 0 Å². The molecule has 2 aromatic carbocycles. The largest absolute Gasteiger partial charge is 0.394 e. The smallest absolute Gasteiger partial charge is 0.157 e. The Morgan fingerprint density at radius 2 is 1.56 bits per heavy atom. The number of rotatable bonds is 6. The molecule has 1 unspecified atom stereocenters. The number of aryl methyl sites for hydroxylation is 1. The van der Waals surface area contributed by atoms with Crippen molar-refractivity contribution in [3.8, 4) is 0 Å². The zero-order valence-electron chi connectivity index (χ0n) is 15.3. The van der Waals surface area contributed by atoms with Crippen molar-refractivity contribution >= 4 is 5.69 Å². The molecule has 1 fully saturated rings. The van der Waals surface area contributed by atoms with E-state index in [2.05, 4.69) is 36.5 Å². The Hall–Kier alpha value is -1.96. The van der Waals surface area contributed by atoms with E-state index in [1.807, 2.05) is 24.3 Å². The van der Waals surface area contributed by atoms with Crippen LogP contribution in [0.3, 0.4) is 0 Å². The molecule has 5 N–H and O–H groups in total. The van der Waals surface area contributed by atoms with E-state index in [-0.39, 0.29) is 0 Å². The summed E-state index contributed by atoms with van der Waals surface area (Å²) in [5.74, 6) is 0. The number of ether oxygens (including phenoxy) is 1. The van der Waals surface area contributed by atoms with Gasteiger partial charge in [-0.25, -0.2) is 0 Å². The van der Waals surface area contributed by atoms with Gasteiger partial charge in [0.05, 0.1) is 6.61 Å². The van der Waals surface area contributed by atoms with Crippen LogP contribution in [0.4, 0.5) is 5.69 Å². The van der Waals surface area contributed by atoms with Gasteiger partial charge in [0.15, 0.2) is 6.23 Å². The van der Waals surface area contributed by atoms with E-state index >= 15 is 0 Å². The molecule has 1 saturated heterocycles. The van der Waals surface area contributed by atoms with Crippen molar-refractivity contribution in [1.29, 1.82) is 0 Å². The van der Waals surface area contributed by atoms with Crippen molar-refractivity contribution in [2.45, 2.75) is 50.4 Å². The van der Waals surface area contributed by atoms with E-state index in [9.17, 15) is 20.4 Å². The van der Waals surface area contributed by atoms with Gasteiger partial charge >= 0.3 is 0 Å². The fourth-order valence-corrected chi connectivity index (χ4v) is 3.30. The SMILES string of the molecule is CCc1ccc(Cc2ccccc2NC2O[C@H](CO)[C@@H](O)[C@H](O)[C@H]2O)cc1. The molecule has 1 aliphatic heterocycles. The van der Waals surface area contributed by atoms with Crippen molar-refractivity contribution in [3.63, 3.8) is 0 Å². The Morgan fingerprint density at radius 1 is 0.889 bits per heavy atom. The van der Waals surface area contributed by atoms with Gasteiger partial charge in [-0.1, -0.05) is 49.4 Å². The second kappa shape index (κ2) is 8.82.